The van der Waals surface area contributed by atoms with Crippen LogP contribution in [0.4, 0.5) is 17.6 Å². The van der Waals surface area contributed by atoms with Gasteiger partial charge < -0.3 is 4.18 Å². The van der Waals surface area contributed by atoms with E-state index in [2.05, 4.69) is 4.18 Å². The third kappa shape index (κ3) is 3.15. The number of carbonyl (C=O) groups is 1. The molecule has 0 spiro atoms. The van der Waals surface area contributed by atoms with Gasteiger partial charge in [0.1, 0.15) is 5.75 Å². The monoisotopic (exact) mass is 447 g/mol. The number of Topliss-reactive ketones (excluding diaryl/α,β-unsaturated/α-hetero) is 1. The molecule has 0 unspecified atom stereocenters. The Balaban J connectivity index is 1.68. The van der Waals surface area contributed by atoms with Crippen molar-refractivity contribution in [3.63, 3.8) is 0 Å². The van der Waals surface area contributed by atoms with Crippen molar-refractivity contribution in [2.45, 2.75) is 63.5 Å². The Hall–Kier alpha value is -1.64. The van der Waals surface area contributed by atoms with E-state index >= 15 is 0 Å². The third-order valence-electron chi connectivity index (χ3n) is 7.53. The maximum atomic E-state index is 14.3. The maximum absolute atomic E-state index is 14.3. The molecule has 3 aliphatic rings. The molecule has 0 N–H and O–H groups in total. The Morgan fingerprint density at radius 1 is 1.27 bits per heavy atom. The van der Waals surface area contributed by atoms with Crippen LogP contribution in [0.25, 0.3) is 0 Å². The molecule has 6 atom stereocenters. The first kappa shape index (κ1) is 21.6. The largest absolute Gasteiger partial charge is 0.534 e. The van der Waals surface area contributed by atoms with Crippen LogP contribution in [0.2, 0.25) is 0 Å². The Labute approximate surface area is 173 Å². The van der Waals surface area contributed by atoms with Crippen LogP contribution in [0.3, 0.4) is 0 Å². The molecule has 0 aromatic heterocycles. The molecular weight excluding hydrogens is 423 g/mol. The molecule has 0 aliphatic heterocycles. The molecule has 2 fully saturated rings. The number of carbonyl (C=O) groups excluding carboxylic acids is 1. The molecule has 1 aromatic rings. The molecule has 0 radical (unpaired) electrons. The highest BCUT2D eigenvalue weighted by Gasteiger charge is 2.60. The Bertz CT molecular complexity index is 974. The summed E-state index contributed by atoms with van der Waals surface area (Å²) in [7, 11) is -5.73. The standard InChI is InChI=1S/C21H24F4O4S/c1-3-11-10-20(2)16(9-17(22)19(20)26)15-6-4-12-8-13(5-7-14(12)18(11)15)29-30(27,28)21(23,24)25/h5,7-8,11,15-18H,3-4,6,9-10H2,1-2H3/t11-,15-,16-,17-,18+,20-/m0/s1/i22-1. The molecule has 3 aliphatic carbocycles. The Morgan fingerprint density at radius 2 is 1.97 bits per heavy atom. The van der Waals surface area contributed by atoms with Crippen LogP contribution in [0.1, 0.15) is 56.6 Å². The highest BCUT2D eigenvalue weighted by atomic mass is 32.2. The summed E-state index contributed by atoms with van der Waals surface area (Å²) < 4.78 is 79.2. The van der Waals surface area contributed by atoms with Crippen LogP contribution in [-0.2, 0) is 21.3 Å². The van der Waals surface area contributed by atoms with Gasteiger partial charge in [-0.05, 0) is 72.6 Å². The van der Waals surface area contributed by atoms with Crippen molar-refractivity contribution in [1.29, 1.82) is 0 Å². The van der Waals surface area contributed by atoms with Gasteiger partial charge in [-0.2, -0.15) is 21.6 Å². The molecule has 2 saturated carbocycles. The summed E-state index contributed by atoms with van der Waals surface area (Å²) in [6, 6.07) is 4.26. The van der Waals surface area contributed by atoms with Gasteiger partial charge in [0.25, 0.3) is 0 Å². The van der Waals surface area contributed by atoms with Crippen molar-refractivity contribution < 1.29 is 35.0 Å². The number of alkyl halides is 4. The van der Waals surface area contributed by atoms with Crippen LogP contribution in [-0.4, -0.2) is 25.9 Å². The van der Waals surface area contributed by atoms with E-state index in [1.165, 1.54) is 12.1 Å². The molecule has 166 valence electrons. The fourth-order valence-electron chi connectivity index (χ4n) is 6.24. The summed E-state index contributed by atoms with van der Waals surface area (Å²) in [5.74, 6) is -0.369. The number of ketones is 1. The van der Waals surface area contributed by atoms with Gasteiger partial charge in [-0.1, -0.05) is 26.3 Å². The molecule has 0 amide bonds. The van der Waals surface area contributed by atoms with E-state index in [4.69, 9.17) is 0 Å². The molecule has 1 aromatic carbocycles. The molecule has 0 bridgehead atoms. The number of fused-ring (bicyclic) bond motifs is 5. The maximum Gasteiger partial charge on any atom is 0.534 e. The first-order valence-electron chi connectivity index (χ1n) is 10.2. The number of aryl methyl sites for hydroxylation is 1. The normalized spacial score (nSPS) is 36.1. The summed E-state index contributed by atoms with van der Waals surface area (Å²) in [4.78, 5) is 12.6. The van der Waals surface area contributed by atoms with Gasteiger partial charge in [0.2, 0.25) is 0 Å². The van der Waals surface area contributed by atoms with Gasteiger partial charge in [-0.25, -0.2) is 4.39 Å². The van der Waals surface area contributed by atoms with Gasteiger partial charge in [-0.15, -0.1) is 0 Å². The van der Waals surface area contributed by atoms with Crippen LogP contribution in [0, 0.1) is 23.2 Å². The fraction of sp³-hybridized carbons (Fsp3) is 0.667. The zero-order chi connectivity index (χ0) is 22.1. The first-order valence-corrected chi connectivity index (χ1v) is 11.6. The predicted molar refractivity (Wildman–Crippen MR) is 101 cm³/mol. The summed E-state index contributed by atoms with van der Waals surface area (Å²) >= 11 is 0. The van der Waals surface area contributed by atoms with Crippen molar-refractivity contribution in [1.82, 2.24) is 0 Å². The Kier molecular flexibility index (Phi) is 4.99. The van der Waals surface area contributed by atoms with E-state index in [0.717, 1.165) is 17.5 Å². The lowest BCUT2D eigenvalue weighted by Gasteiger charge is -2.52. The minimum Gasteiger partial charge on any atom is -0.376 e. The molecular formula is C21H24F4O4S. The summed E-state index contributed by atoms with van der Waals surface area (Å²) in [6.07, 6.45) is 1.40. The number of benzene rings is 1. The van der Waals surface area contributed by atoms with Gasteiger partial charge in [0, 0.05) is 5.41 Å². The average molecular weight is 447 g/mol. The lowest BCUT2D eigenvalue weighted by Crippen LogP contribution is -2.46. The second-order valence-corrected chi connectivity index (χ2v) is 10.6. The minimum atomic E-state index is -5.73. The minimum absolute atomic E-state index is 0.0533. The summed E-state index contributed by atoms with van der Waals surface area (Å²) in [6.45, 7) is 3.91. The van der Waals surface area contributed by atoms with Crippen molar-refractivity contribution in [2.24, 2.45) is 23.2 Å². The third-order valence-corrected chi connectivity index (χ3v) is 8.51. The van der Waals surface area contributed by atoms with E-state index < -0.39 is 27.2 Å². The molecule has 4 nitrogen and oxygen atoms in total. The number of rotatable bonds is 3. The van der Waals surface area contributed by atoms with Gasteiger partial charge in [0.15, 0.2) is 12.0 Å². The summed E-state index contributed by atoms with van der Waals surface area (Å²) in [5.41, 5.74) is -4.45. The second kappa shape index (κ2) is 6.93. The predicted octanol–water partition coefficient (Wildman–Crippen LogP) is 4.92. The highest BCUT2D eigenvalue weighted by molar-refractivity contribution is 7.88. The van der Waals surface area contributed by atoms with Crippen molar-refractivity contribution >= 4 is 15.9 Å². The van der Waals surface area contributed by atoms with E-state index in [1.54, 1.807) is 6.07 Å². The zero-order valence-electron chi connectivity index (χ0n) is 16.7. The van der Waals surface area contributed by atoms with E-state index in [-0.39, 0.29) is 41.6 Å². The quantitative estimate of drug-likeness (QED) is 0.375. The van der Waals surface area contributed by atoms with Crippen LogP contribution >= 0.6 is 0 Å². The van der Waals surface area contributed by atoms with Gasteiger partial charge in [-0.3, -0.25) is 4.79 Å². The second-order valence-electron chi connectivity index (χ2n) is 9.04. The highest BCUT2D eigenvalue weighted by Crippen LogP contribution is 2.62. The molecule has 0 heterocycles. The zero-order valence-corrected chi connectivity index (χ0v) is 17.5. The van der Waals surface area contributed by atoms with E-state index in [0.29, 0.717) is 19.3 Å². The summed E-state index contributed by atoms with van der Waals surface area (Å²) in [5, 5.41) is 0. The molecule has 0 saturated heterocycles. The van der Waals surface area contributed by atoms with Crippen LogP contribution < -0.4 is 4.18 Å². The number of halogens is 4. The number of hydrogen-bond acceptors (Lipinski definition) is 4. The fourth-order valence-corrected chi connectivity index (χ4v) is 6.69. The van der Waals surface area contributed by atoms with Crippen LogP contribution in [0.15, 0.2) is 18.2 Å². The molecule has 9 heteroatoms. The van der Waals surface area contributed by atoms with Gasteiger partial charge in [0.05, 0.1) is 0 Å². The molecule has 30 heavy (non-hydrogen) atoms. The average Bonchev–Trinajstić information content (AvgIpc) is 2.89. The van der Waals surface area contributed by atoms with Gasteiger partial charge >= 0.3 is 15.6 Å². The van der Waals surface area contributed by atoms with Crippen LogP contribution in [0.5, 0.6) is 5.75 Å². The SMILES string of the molecule is CC[C@H]1C[C@]2(C)C(=O)[C@@H]([18F])C[C@H]2[C@@H]2CCc3cc(OS(=O)(=O)C(F)(F)F)ccc3[C@@H]12. The lowest BCUT2D eigenvalue weighted by atomic mass is 9.51. The van der Waals surface area contributed by atoms with Crippen molar-refractivity contribution in [2.75, 3.05) is 0 Å². The molecule has 4 rings (SSSR count). The van der Waals surface area contributed by atoms with E-state index in [1.807, 2.05) is 13.8 Å². The first-order chi connectivity index (χ1) is 13.9. The topological polar surface area (TPSA) is 60.4 Å². The van der Waals surface area contributed by atoms with E-state index in [9.17, 15) is 30.8 Å². The smallest absolute Gasteiger partial charge is 0.376 e. The van der Waals surface area contributed by atoms with Crippen molar-refractivity contribution in [3.05, 3.63) is 29.3 Å². The van der Waals surface area contributed by atoms with Crippen molar-refractivity contribution in [3.8, 4) is 5.75 Å². The number of hydrogen-bond donors (Lipinski definition) is 0. The Morgan fingerprint density at radius 3 is 2.60 bits per heavy atom. The lowest BCUT2D eigenvalue weighted by molar-refractivity contribution is -0.134.